The quantitative estimate of drug-likeness (QED) is 0.476. The Hall–Kier alpha value is -2.55. The largest absolute Gasteiger partial charge is 0.474 e. The molecule has 2 fully saturated rings. The van der Waals surface area contributed by atoms with Crippen molar-refractivity contribution in [1.29, 1.82) is 0 Å². The molecule has 1 saturated carbocycles. The van der Waals surface area contributed by atoms with Gasteiger partial charge >= 0.3 is 5.97 Å². The van der Waals surface area contributed by atoms with Crippen LogP contribution < -0.4 is 21.1 Å². The lowest BCUT2D eigenvalue weighted by atomic mass is 9.85. The minimum absolute atomic E-state index is 0.0452. The van der Waals surface area contributed by atoms with E-state index in [1.165, 1.54) is 0 Å². The predicted molar refractivity (Wildman–Crippen MR) is 137 cm³/mol. The van der Waals surface area contributed by atoms with Crippen molar-refractivity contribution in [3.8, 4) is 5.88 Å². The Kier molecular flexibility index (Phi) is 9.21. The summed E-state index contributed by atoms with van der Waals surface area (Å²) >= 11 is 0. The number of rotatable bonds is 8. The van der Waals surface area contributed by atoms with Crippen molar-refractivity contribution in [2.24, 2.45) is 5.92 Å². The van der Waals surface area contributed by atoms with Crippen LogP contribution in [-0.2, 0) is 14.3 Å². The molecule has 1 aliphatic heterocycles. The molecule has 0 spiro atoms. The summed E-state index contributed by atoms with van der Waals surface area (Å²) < 4.78 is 11.6. The van der Waals surface area contributed by atoms with Gasteiger partial charge in [-0.1, -0.05) is 0 Å². The lowest BCUT2D eigenvalue weighted by molar-refractivity contribution is -0.156. The molecule has 196 valence electrons. The van der Waals surface area contributed by atoms with Crippen LogP contribution in [0.2, 0.25) is 0 Å². The summed E-state index contributed by atoms with van der Waals surface area (Å²) in [7, 11) is 0. The molecular formula is C26H43N5O4. The molecule has 1 amide bonds. The van der Waals surface area contributed by atoms with Crippen molar-refractivity contribution < 1.29 is 19.1 Å². The molecule has 2 aliphatic rings. The van der Waals surface area contributed by atoms with Crippen LogP contribution in [0.5, 0.6) is 5.88 Å². The summed E-state index contributed by atoms with van der Waals surface area (Å²) in [5.41, 5.74) is 7.13. The fourth-order valence-electron chi connectivity index (χ4n) is 4.67. The van der Waals surface area contributed by atoms with Gasteiger partial charge in [-0.3, -0.25) is 14.5 Å². The number of amides is 1. The van der Waals surface area contributed by atoms with Crippen LogP contribution in [0, 0.1) is 5.92 Å². The molecule has 9 nitrogen and oxygen atoms in total. The Morgan fingerprint density at radius 2 is 1.80 bits per heavy atom. The minimum Gasteiger partial charge on any atom is -0.474 e. The topological polar surface area (TPSA) is 119 Å². The van der Waals surface area contributed by atoms with E-state index in [2.05, 4.69) is 20.5 Å². The maximum Gasteiger partial charge on any atom is 0.320 e. The number of anilines is 2. The van der Waals surface area contributed by atoms with E-state index in [1.807, 2.05) is 40.7 Å². The normalized spacial score (nSPS) is 22.0. The molecule has 1 aromatic rings. The first kappa shape index (κ1) is 27.0. The van der Waals surface area contributed by atoms with Gasteiger partial charge in [0.15, 0.2) is 0 Å². The van der Waals surface area contributed by atoms with E-state index in [9.17, 15) is 9.59 Å². The van der Waals surface area contributed by atoms with Gasteiger partial charge in [0.25, 0.3) is 0 Å². The fourth-order valence-corrected chi connectivity index (χ4v) is 4.67. The molecule has 1 aliphatic carbocycles. The monoisotopic (exact) mass is 489 g/mol. The molecule has 1 aromatic heterocycles. The standard InChI is InChI=1S/C26H43N5O4/c1-17(2)29-25(33)18-6-8-19(9-7-18)30-22-14-23(28-15-21(22)27)34-20-10-12-31(13-11-20)16-24(32)35-26(3,4)5/h14-15,17-20H,6-13,16,27H2,1-5H3,(H,28,30)(H,29,33)/t18-,19+. The van der Waals surface area contributed by atoms with Gasteiger partial charge < -0.3 is 25.8 Å². The molecule has 1 saturated heterocycles. The highest BCUT2D eigenvalue weighted by atomic mass is 16.6. The van der Waals surface area contributed by atoms with Crippen LogP contribution in [-0.4, -0.2) is 65.2 Å². The van der Waals surface area contributed by atoms with E-state index < -0.39 is 5.60 Å². The number of esters is 1. The Balaban J connectivity index is 1.45. The Bertz CT molecular complexity index is 854. The minimum atomic E-state index is -0.465. The first-order chi connectivity index (χ1) is 16.5. The Morgan fingerprint density at radius 3 is 2.40 bits per heavy atom. The summed E-state index contributed by atoms with van der Waals surface area (Å²) in [5.74, 6) is 0.611. The lowest BCUT2D eigenvalue weighted by Crippen LogP contribution is -2.42. The average Bonchev–Trinajstić information content (AvgIpc) is 2.76. The fraction of sp³-hybridized carbons (Fsp3) is 0.731. The van der Waals surface area contributed by atoms with Crippen LogP contribution in [0.3, 0.4) is 0 Å². The third-order valence-corrected chi connectivity index (χ3v) is 6.39. The van der Waals surface area contributed by atoms with Crippen molar-refractivity contribution >= 4 is 23.3 Å². The zero-order chi connectivity index (χ0) is 25.6. The number of pyridine rings is 1. The molecule has 3 rings (SSSR count). The van der Waals surface area contributed by atoms with Gasteiger partial charge in [-0.2, -0.15) is 0 Å². The molecule has 4 N–H and O–H groups in total. The molecule has 0 aromatic carbocycles. The van der Waals surface area contributed by atoms with Crippen molar-refractivity contribution in [3.05, 3.63) is 12.3 Å². The Morgan fingerprint density at radius 1 is 1.14 bits per heavy atom. The number of aromatic nitrogens is 1. The van der Waals surface area contributed by atoms with Crippen LogP contribution in [0.25, 0.3) is 0 Å². The summed E-state index contributed by atoms with van der Waals surface area (Å²) in [6.07, 6.45) is 6.90. The SMILES string of the molecule is CC(C)NC(=O)[C@H]1CC[C@@H](Nc2cc(OC3CCN(CC(=O)OC(C)(C)C)CC3)ncc2N)CC1. The predicted octanol–water partition coefficient (Wildman–Crippen LogP) is 3.34. The number of carbonyl (C=O) groups is 2. The molecular weight excluding hydrogens is 446 g/mol. The maximum absolute atomic E-state index is 12.3. The molecule has 0 atom stereocenters. The van der Waals surface area contributed by atoms with Crippen molar-refractivity contribution in [2.75, 3.05) is 30.7 Å². The molecule has 35 heavy (non-hydrogen) atoms. The van der Waals surface area contributed by atoms with E-state index in [0.29, 0.717) is 18.1 Å². The van der Waals surface area contributed by atoms with Gasteiger partial charge in [-0.05, 0) is 73.1 Å². The Labute approximate surface area is 209 Å². The van der Waals surface area contributed by atoms with Crippen molar-refractivity contribution in [2.45, 2.75) is 96.9 Å². The summed E-state index contributed by atoms with van der Waals surface area (Å²) in [6.45, 7) is 11.5. The van der Waals surface area contributed by atoms with Crippen LogP contribution in [0.15, 0.2) is 12.3 Å². The van der Waals surface area contributed by atoms with Gasteiger partial charge in [0.05, 0.1) is 24.1 Å². The number of nitrogens with one attached hydrogen (secondary N) is 2. The van der Waals surface area contributed by atoms with Crippen molar-refractivity contribution in [3.63, 3.8) is 0 Å². The number of hydrogen-bond acceptors (Lipinski definition) is 8. The molecule has 0 radical (unpaired) electrons. The molecule has 9 heteroatoms. The highest BCUT2D eigenvalue weighted by Crippen LogP contribution is 2.30. The van der Waals surface area contributed by atoms with Gasteiger partial charge in [-0.25, -0.2) is 4.98 Å². The van der Waals surface area contributed by atoms with Gasteiger partial charge in [0.1, 0.15) is 11.7 Å². The second-order valence-corrected chi connectivity index (χ2v) is 11.1. The lowest BCUT2D eigenvalue weighted by Gasteiger charge is -2.32. The second-order valence-electron chi connectivity index (χ2n) is 11.1. The van der Waals surface area contributed by atoms with E-state index in [1.54, 1.807) is 6.20 Å². The number of carbonyl (C=O) groups excluding carboxylic acids is 2. The zero-order valence-electron chi connectivity index (χ0n) is 21.9. The van der Waals surface area contributed by atoms with E-state index in [0.717, 1.165) is 57.3 Å². The molecule has 0 unspecified atom stereocenters. The number of nitrogens with two attached hydrogens (primary N) is 1. The highest BCUT2D eigenvalue weighted by molar-refractivity contribution is 5.79. The third-order valence-electron chi connectivity index (χ3n) is 6.39. The van der Waals surface area contributed by atoms with E-state index >= 15 is 0 Å². The van der Waals surface area contributed by atoms with Gasteiger partial charge in [0.2, 0.25) is 11.8 Å². The van der Waals surface area contributed by atoms with Gasteiger partial charge in [-0.15, -0.1) is 0 Å². The molecule has 0 bridgehead atoms. The maximum atomic E-state index is 12.3. The summed E-state index contributed by atoms with van der Waals surface area (Å²) in [4.78, 5) is 30.8. The third kappa shape index (κ3) is 8.87. The van der Waals surface area contributed by atoms with E-state index in [-0.39, 0.29) is 36.0 Å². The first-order valence-electron chi connectivity index (χ1n) is 12.9. The summed E-state index contributed by atoms with van der Waals surface area (Å²) in [5, 5.41) is 6.56. The zero-order valence-corrected chi connectivity index (χ0v) is 21.9. The number of nitrogen functional groups attached to an aromatic ring is 1. The van der Waals surface area contributed by atoms with Gasteiger partial charge in [0, 0.05) is 37.2 Å². The van der Waals surface area contributed by atoms with Crippen LogP contribution in [0.4, 0.5) is 11.4 Å². The first-order valence-corrected chi connectivity index (χ1v) is 12.9. The number of piperidine rings is 1. The number of ether oxygens (including phenoxy) is 2. The summed E-state index contributed by atoms with van der Waals surface area (Å²) in [6, 6.07) is 2.32. The van der Waals surface area contributed by atoms with Crippen LogP contribution in [0.1, 0.15) is 73.1 Å². The van der Waals surface area contributed by atoms with E-state index in [4.69, 9.17) is 15.2 Å². The second kappa shape index (κ2) is 11.9. The average molecular weight is 490 g/mol. The highest BCUT2D eigenvalue weighted by Gasteiger charge is 2.28. The number of likely N-dealkylation sites (tertiary alicyclic amines) is 1. The smallest absolute Gasteiger partial charge is 0.320 e. The number of nitrogens with zero attached hydrogens (tertiary/aromatic N) is 2. The molecule has 2 heterocycles. The van der Waals surface area contributed by atoms with Crippen molar-refractivity contribution in [1.82, 2.24) is 15.2 Å². The van der Waals surface area contributed by atoms with Crippen LogP contribution >= 0.6 is 0 Å². The number of hydrogen-bond donors (Lipinski definition) is 3.